The minimum atomic E-state index is -0.695. The van der Waals surface area contributed by atoms with Crippen LogP contribution in [0.1, 0.15) is 22.8 Å². The zero-order valence-electron chi connectivity index (χ0n) is 11.1. The van der Waals surface area contributed by atoms with Gasteiger partial charge in [-0.25, -0.2) is 4.39 Å². The molecular formula is C16H16BrFO2. The Balaban J connectivity index is 2.24. The fourth-order valence-corrected chi connectivity index (χ4v) is 2.60. The molecule has 0 fully saturated rings. The SMILES string of the molecule is COCc1ccccc1C(O)Cc1cccc(F)c1Br. The summed E-state index contributed by atoms with van der Waals surface area (Å²) in [5.74, 6) is -0.320. The topological polar surface area (TPSA) is 29.5 Å². The normalized spacial score (nSPS) is 12.4. The molecule has 2 nitrogen and oxygen atoms in total. The van der Waals surface area contributed by atoms with E-state index in [1.54, 1.807) is 19.2 Å². The van der Waals surface area contributed by atoms with Gasteiger partial charge < -0.3 is 9.84 Å². The van der Waals surface area contributed by atoms with Crippen molar-refractivity contribution in [3.05, 3.63) is 69.4 Å². The molecule has 2 rings (SSSR count). The highest BCUT2D eigenvalue weighted by Crippen LogP contribution is 2.27. The van der Waals surface area contributed by atoms with E-state index >= 15 is 0 Å². The van der Waals surface area contributed by atoms with Gasteiger partial charge in [0.05, 0.1) is 17.2 Å². The van der Waals surface area contributed by atoms with Crippen LogP contribution in [0.15, 0.2) is 46.9 Å². The number of rotatable bonds is 5. The van der Waals surface area contributed by atoms with Crippen LogP contribution in [-0.2, 0) is 17.8 Å². The van der Waals surface area contributed by atoms with Crippen molar-refractivity contribution in [2.24, 2.45) is 0 Å². The molecule has 4 heteroatoms. The maximum absolute atomic E-state index is 13.5. The van der Waals surface area contributed by atoms with Crippen LogP contribution in [0.5, 0.6) is 0 Å². The molecule has 2 aromatic rings. The first-order valence-corrected chi connectivity index (χ1v) is 7.10. The van der Waals surface area contributed by atoms with Crippen molar-refractivity contribution in [1.29, 1.82) is 0 Å². The summed E-state index contributed by atoms with van der Waals surface area (Å²) in [5.41, 5.74) is 2.49. The van der Waals surface area contributed by atoms with Crippen LogP contribution in [0.4, 0.5) is 4.39 Å². The Morgan fingerprint density at radius 1 is 1.15 bits per heavy atom. The number of hydrogen-bond acceptors (Lipinski definition) is 2. The Morgan fingerprint density at radius 2 is 1.85 bits per heavy atom. The largest absolute Gasteiger partial charge is 0.388 e. The third-order valence-corrected chi connectivity index (χ3v) is 4.05. The number of aliphatic hydroxyl groups is 1. The fraction of sp³-hybridized carbons (Fsp3) is 0.250. The van der Waals surface area contributed by atoms with Crippen LogP contribution in [0, 0.1) is 5.82 Å². The lowest BCUT2D eigenvalue weighted by atomic mass is 9.97. The Kier molecular flexibility index (Phi) is 5.29. The average Bonchev–Trinajstić information content (AvgIpc) is 2.45. The van der Waals surface area contributed by atoms with Crippen molar-refractivity contribution in [3.63, 3.8) is 0 Å². The standard InChI is InChI=1S/C16H16BrFO2/c1-20-10-12-5-2-3-7-13(12)15(19)9-11-6-4-8-14(18)16(11)17/h2-8,15,19H,9-10H2,1H3. The summed E-state index contributed by atoms with van der Waals surface area (Å²) in [6.07, 6.45) is -0.349. The number of halogens is 2. The van der Waals surface area contributed by atoms with Crippen molar-refractivity contribution in [1.82, 2.24) is 0 Å². The second-order valence-electron chi connectivity index (χ2n) is 4.56. The van der Waals surface area contributed by atoms with Gasteiger partial charge in [-0.15, -0.1) is 0 Å². The summed E-state index contributed by atoms with van der Waals surface area (Å²) < 4.78 is 19.0. The average molecular weight is 339 g/mol. The molecule has 1 atom stereocenters. The number of benzene rings is 2. The van der Waals surface area contributed by atoms with Gasteiger partial charge in [-0.3, -0.25) is 0 Å². The van der Waals surface area contributed by atoms with Crippen LogP contribution < -0.4 is 0 Å². The molecule has 0 saturated carbocycles. The summed E-state index contributed by atoms with van der Waals surface area (Å²) in [4.78, 5) is 0. The zero-order valence-corrected chi connectivity index (χ0v) is 12.7. The second-order valence-corrected chi connectivity index (χ2v) is 5.36. The smallest absolute Gasteiger partial charge is 0.137 e. The monoisotopic (exact) mass is 338 g/mol. The molecule has 2 aromatic carbocycles. The molecule has 106 valence electrons. The van der Waals surface area contributed by atoms with Crippen molar-refractivity contribution in [2.45, 2.75) is 19.1 Å². The summed E-state index contributed by atoms with van der Waals surface area (Å²) in [5, 5.41) is 10.4. The molecule has 0 aliphatic carbocycles. The van der Waals surface area contributed by atoms with Gasteiger partial charge in [0.25, 0.3) is 0 Å². The quantitative estimate of drug-likeness (QED) is 0.892. The number of aliphatic hydroxyl groups excluding tert-OH is 1. The molecule has 0 radical (unpaired) electrons. The lowest BCUT2D eigenvalue weighted by Gasteiger charge is -2.16. The Hall–Kier alpha value is -1.23. The summed E-state index contributed by atoms with van der Waals surface area (Å²) in [6, 6.07) is 12.4. The molecular weight excluding hydrogens is 323 g/mol. The molecule has 1 N–H and O–H groups in total. The minimum absolute atomic E-state index is 0.320. The third-order valence-electron chi connectivity index (χ3n) is 3.16. The summed E-state index contributed by atoms with van der Waals surface area (Å²) in [7, 11) is 1.62. The fourth-order valence-electron chi connectivity index (χ4n) is 2.17. The highest BCUT2D eigenvalue weighted by molar-refractivity contribution is 9.10. The van der Waals surface area contributed by atoms with Crippen molar-refractivity contribution in [3.8, 4) is 0 Å². The van der Waals surface area contributed by atoms with Gasteiger partial charge in [0.1, 0.15) is 5.82 Å². The second kappa shape index (κ2) is 6.97. The lowest BCUT2D eigenvalue weighted by Crippen LogP contribution is -2.07. The lowest BCUT2D eigenvalue weighted by molar-refractivity contribution is 0.161. The van der Waals surface area contributed by atoms with Gasteiger partial charge in [0, 0.05) is 13.5 Å². The van der Waals surface area contributed by atoms with E-state index in [4.69, 9.17) is 4.74 Å². The van der Waals surface area contributed by atoms with E-state index in [0.29, 0.717) is 17.5 Å². The first kappa shape index (κ1) is 15.2. The minimum Gasteiger partial charge on any atom is -0.388 e. The van der Waals surface area contributed by atoms with E-state index in [2.05, 4.69) is 15.9 Å². The van der Waals surface area contributed by atoms with E-state index in [1.807, 2.05) is 24.3 Å². The van der Waals surface area contributed by atoms with Crippen LogP contribution in [0.3, 0.4) is 0 Å². The molecule has 0 aliphatic rings. The van der Waals surface area contributed by atoms with Gasteiger partial charge in [0.2, 0.25) is 0 Å². The van der Waals surface area contributed by atoms with E-state index in [0.717, 1.165) is 16.7 Å². The number of hydrogen-bond donors (Lipinski definition) is 1. The molecule has 0 spiro atoms. The Bertz CT molecular complexity index is 586. The first-order valence-electron chi connectivity index (χ1n) is 6.31. The van der Waals surface area contributed by atoms with E-state index in [9.17, 15) is 9.50 Å². The van der Waals surface area contributed by atoms with Crippen molar-refractivity contribution < 1.29 is 14.2 Å². The van der Waals surface area contributed by atoms with E-state index < -0.39 is 6.10 Å². The predicted octanol–water partition coefficient (Wildman–Crippen LogP) is 4.01. The number of ether oxygens (including phenoxy) is 1. The molecule has 0 saturated heterocycles. The van der Waals surface area contributed by atoms with Crippen LogP contribution in [0.25, 0.3) is 0 Å². The van der Waals surface area contributed by atoms with E-state index in [1.165, 1.54) is 6.07 Å². The Morgan fingerprint density at radius 3 is 2.60 bits per heavy atom. The molecule has 1 unspecified atom stereocenters. The maximum Gasteiger partial charge on any atom is 0.137 e. The van der Waals surface area contributed by atoms with E-state index in [-0.39, 0.29) is 5.82 Å². The van der Waals surface area contributed by atoms with Crippen molar-refractivity contribution >= 4 is 15.9 Å². The summed E-state index contributed by atoms with van der Waals surface area (Å²) in [6.45, 7) is 0.442. The maximum atomic E-state index is 13.5. The highest BCUT2D eigenvalue weighted by atomic mass is 79.9. The van der Waals surface area contributed by atoms with Crippen LogP contribution in [-0.4, -0.2) is 12.2 Å². The third kappa shape index (κ3) is 3.45. The van der Waals surface area contributed by atoms with Crippen LogP contribution >= 0.6 is 15.9 Å². The van der Waals surface area contributed by atoms with Gasteiger partial charge in [-0.2, -0.15) is 0 Å². The molecule has 0 aliphatic heterocycles. The molecule has 0 heterocycles. The van der Waals surface area contributed by atoms with Crippen LogP contribution in [0.2, 0.25) is 0 Å². The van der Waals surface area contributed by atoms with Gasteiger partial charge in [0.15, 0.2) is 0 Å². The number of methoxy groups -OCH3 is 1. The van der Waals surface area contributed by atoms with Gasteiger partial charge >= 0.3 is 0 Å². The molecule has 0 amide bonds. The highest BCUT2D eigenvalue weighted by Gasteiger charge is 2.15. The first-order chi connectivity index (χ1) is 9.63. The predicted molar refractivity (Wildman–Crippen MR) is 79.9 cm³/mol. The molecule has 0 aromatic heterocycles. The zero-order chi connectivity index (χ0) is 14.5. The summed E-state index contributed by atoms with van der Waals surface area (Å²) >= 11 is 3.22. The van der Waals surface area contributed by atoms with Gasteiger partial charge in [-0.05, 0) is 38.7 Å². The van der Waals surface area contributed by atoms with Crippen molar-refractivity contribution in [2.75, 3.05) is 7.11 Å². The van der Waals surface area contributed by atoms with Gasteiger partial charge in [-0.1, -0.05) is 36.4 Å². The molecule has 0 bridgehead atoms. The Labute approximate surface area is 126 Å². The molecule has 20 heavy (non-hydrogen) atoms.